The molecule has 1 spiro atoms. The number of nitrogens with one attached hydrogen (secondary N) is 1. The highest BCUT2D eigenvalue weighted by Crippen LogP contribution is 2.57. The number of carbonyl (C=O) groups is 2. The molecule has 128 valence electrons. The minimum absolute atomic E-state index is 0.0898. The molecule has 1 saturated heterocycles. The first-order chi connectivity index (χ1) is 11.1. The van der Waals surface area contributed by atoms with Gasteiger partial charge in [0.2, 0.25) is 10.0 Å². The normalized spacial score (nSPS) is 23.6. The quantitative estimate of drug-likeness (QED) is 0.816. The molecular weight excluding hydrogens is 330 g/mol. The van der Waals surface area contributed by atoms with Crippen molar-refractivity contribution in [2.75, 3.05) is 22.0 Å². The van der Waals surface area contributed by atoms with Gasteiger partial charge in [-0.25, -0.2) is 18.1 Å². The van der Waals surface area contributed by atoms with Crippen molar-refractivity contribution in [1.29, 1.82) is 0 Å². The van der Waals surface area contributed by atoms with Crippen LogP contribution in [-0.2, 0) is 20.2 Å². The molecule has 1 aliphatic carbocycles. The third kappa shape index (κ3) is 1.98. The SMILES string of the molecule is CC1(C)NC(=O)N(c2ccc3c(c2)N(S(C)(=O)=O)CC32CC2)C1=O. The summed E-state index contributed by atoms with van der Waals surface area (Å²) >= 11 is 0. The summed E-state index contributed by atoms with van der Waals surface area (Å²) in [5.74, 6) is -0.350. The predicted molar refractivity (Wildman–Crippen MR) is 89.6 cm³/mol. The lowest BCUT2D eigenvalue weighted by Gasteiger charge is -2.20. The van der Waals surface area contributed by atoms with Crippen LogP contribution in [-0.4, -0.2) is 38.7 Å². The molecule has 0 radical (unpaired) electrons. The van der Waals surface area contributed by atoms with Crippen LogP contribution in [0.4, 0.5) is 16.2 Å². The van der Waals surface area contributed by atoms with E-state index in [4.69, 9.17) is 0 Å². The van der Waals surface area contributed by atoms with E-state index in [-0.39, 0.29) is 11.3 Å². The highest BCUT2D eigenvalue weighted by atomic mass is 32.2. The van der Waals surface area contributed by atoms with E-state index >= 15 is 0 Å². The molecule has 3 amide bonds. The first-order valence-corrected chi connectivity index (χ1v) is 9.69. The molecule has 1 saturated carbocycles. The zero-order valence-electron chi connectivity index (χ0n) is 13.8. The molecule has 2 heterocycles. The van der Waals surface area contributed by atoms with Gasteiger partial charge in [0, 0.05) is 12.0 Å². The zero-order chi connectivity index (χ0) is 17.5. The number of benzene rings is 1. The first-order valence-electron chi connectivity index (χ1n) is 7.84. The number of imide groups is 1. The molecule has 8 heteroatoms. The molecule has 2 fully saturated rings. The molecule has 0 atom stereocenters. The zero-order valence-corrected chi connectivity index (χ0v) is 14.6. The number of amides is 3. The van der Waals surface area contributed by atoms with E-state index in [1.807, 2.05) is 6.07 Å². The van der Waals surface area contributed by atoms with Gasteiger partial charge in [-0.05, 0) is 44.4 Å². The maximum absolute atomic E-state index is 12.5. The topological polar surface area (TPSA) is 86.8 Å². The Bertz CT molecular complexity index is 887. The van der Waals surface area contributed by atoms with Crippen LogP contribution in [0.15, 0.2) is 18.2 Å². The molecule has 0 unspecified atom stereocenters. The fourth-order valence-electron chi connectivity index (χ4n) is 3.62. The van der Waals surface area contributed by atoms with Crippen molar-refractivity contribution in [2.45, 2.75) is 37.6 Å². The third-order valence-electron chi connectivity index (χ3n) is 5.14. The van der Waals surface area contributed by atoms with Gasteiger partial charge in [-0.2, -0.15) is 0 Å². The average Bonchev–Trinajstić information content (AvgIpc) is 3.10. The standard InChI is InChI=1S/C16H19N3O4S/c1-15(2)13(20)19(14(21)17-15)10-4-5-11-12(8-10)18(24(3,22)23)9-16(11)6-7-16/h4-5,8H,6-7,9H2,1-3H3,(H,17,21). The van der Waals surface area contributed by atoms with Crippen LogP contribution in [0.5, 0.6) is 0 Å². The first kappa shape index (κ1) is 15.4. The van der Waals surface area contributed by atoms with E-state index in [9.17, 15) is 18.0 Å². The summed E-state index contributed by atoms with van der Waals surface area (Å²) < 4.78 is 25.7. The summed E-state index contributed by atoms with van der Waals surface area (Å²) in [6, 6.07) is 4.73. The maximum Gasteiger partial charge on any atom is 0.329 e. The molecular formula is C16H19N3O4S. The van der Waals surface area contributed by atoms with Crippen molar-refractivity contribution >= 4 is 33.3 Å². The Morgan fingerprint density at radius 1 is 1.17 bits per heavy atom. The maximum atomic E-state index is 12.5. The second-order valence-corrected chi connectivity index (χ2v) is 9.35. The molecule has 2 aliphatic heterocycles. The lowest BCUT2D eigenvalue weighted by molar-refractivity contribution is -0.121. The smallest absolute Gasteiger partial charge is 0.323 e. The summed E-state index contributed by atoms with van der Waals surface area (Å²) in [5.41, 5.74) is 0.909. The van der Waals surface area contributed by atoms with E-state index in [2.05, 4.69) is 5.32 Å². The largest absolute Gasteiger partial charge is 0.329 e. The number of carbonyl (C=O) groups excluding carboxylic acids is 2. The summed E-state index contributed by atoms with van der Waals surface area (Å²) in [6.45, 7) is 3.72. The Hall–Kier alpha value is -2.09. The van der Waals surface area contributed by atoms with Crippen LogP contribution in [0.25, 0.3) is 0 Å². The highest BCUT2D eigenvalue weighted by molar-refractivity contribution is 7.92. The molecule has 3 aliphatic rings. The molecule has 7 nitrogen and oxygen atoms in total. The number of sulfonamides is 1. The average molecular weight is 349 g/mol. The fraction of sp³-hybridized carbons (Fsp3) is 0.500. The van der Waals surface area contributed by atoms with Gasteiger partial charge in [0.15, 0.2) is 0 Å². The lowest BCUT2D eigenvalue weighted by atomic mass is 9.98. The predicted octanol–water partition coefficient (Wildman–Crippen LogP) is 1.33. The van der Waals surface area contributed by atoms with Crippen molar-refractivity contribution in [3.8, 4) is 0 Å². The molecule has 24 heavy (non-hydrogen) atoms. The summed E-state index contributed by atoms with van der Waals surface area (Å²) in [6.07, 6.45) is 3.10. The van der Waals surface area contributed by atoms with Crippen molar-refractivity contribution in [3.05, 3.63) is 23.8 Å². The number of fused-ring (bicyclic) bond motifs is 2. The van der Waals surface area contributed by atoms with Gasteiger partial charge in [0.25, 0.3) is 5.91 Å². The second-order valence-electron chi connectivity index (χ2n) is 7.45. The van der Waals surface area contributed by atoms with Gasteiger partial charge in [0.1, 0.15) is 5.54 Å². The van der Waals surface area contributed by atoms with Gasteiger partial charge in [-0.3, -0.25) is 9.10 Å². The summed E-state index contributed by atoms with van der Waals surface area (Å²) in [4.78, 5) is 25.7. The Labute approximate surface area is 140 Å². The highest BCUT2D eigenvalue weighted by Gasteiger charge is 2.54. The Balaban J connectivity index is 1.82. The molecule has 1 N–H and O–H groups in total. The van der Waals surface area contributed by atoms with E-state index in [1.54, 1.807) is 26.0 Å². The molecule has 0 aromatic heterocycles. The Morgan fingerprint density at radius 2 is 1.83 bits per heavy atom. The number of hydrogen-bond donors (Lipinski definition) is 1. The van der Waals surface area contributed by atoms with Crippen LogP contribution in [0.3, 0.4) is 0 Å². The molecule has 4 rings (SSSR count). The summed E-state index contributed by atoms with van der Waals surface area (Å²) in [7, 11) is -3.41. The van der Waals surface area contributed by atoms with Crippen LogP contribution >= 0.6 is 0 Å². The van der Waals surface area contributed by atoms with Crippen molar-refractivity contribution < 1.29 is 18.0 Å². The Kier molecular flexibility index (Phi) is 2.77. The monoisotopic (exact) mass is 349 g/mol. The van der Waals surface area contributed by atoms with Crippen molar-refractivity contribution in [3.63, 3.8) is 0 Å². The van der Waals surface area contributed by atoms with Gasteiger partial charge in [0.05, 0.1) is 17.6 Å². The van der Waals surface area contributed by atoms with Crippen LogP contribution in [0, 0.1) is 0 Å². The van der Waals surface area contributed by atoms with Crippen LogP contribution in [0.1, 0.15) is 32.3 Å². The Morgan fingerprint density at radius 3 is 2.33 bits per heavy atom. The van der Waals surface area contributed by atoms with E-state index in [0.29, 0.717) is 17.9 Å². The van der Waals surface area contributed by atoms with Gasteiger partial charge < -0.3 is 5.32 Å². The van der Waals surface area contributed by atoms with Gasteiger partial charge in [-0.15, -0.1) is 0 Å². The summed E-state index contributed by atoms with van der Waals surface area (Å²) in [5, 5.41) is 2.63. The molecule has 1 aromatic carbocycles. The number of rotatable bonds is 2. The van der Waals surface area contributed by atoms with Crippen LogP contribution in [0.2, 0.25) is 0 Å². The number of hydrogen-bond acceptors (Lipinski definition) is 4. The fourth-order valence-corrected chi connectivity index (χ4v) is 4.61. The van der Waals surface area contributed by atoms with Crippen molar-refractivity contribution in [1.82, 2.24) is 5.32 Å². The minimum Gasteiger partial charge on any atom is -0.323 e. The second kappa shape index (κ2) is 4.30. The van der Waals surface area contributed by atoms with Crippen molar-refractivity contribution in [2.24, 2.45) is 0 Å². The number of nitrogens with zero attached hydrogens (tertiary/aromatic N) is 2. The van der Waals surface area contributed by atoms with E-state index in [0.717, 1.165) is 23.3 Å². The number of anilines is 2. The van der Waals surface area contributed by atoms with Gasteiger partial charge in [-0.1, -0.05) is 6.07 Å². The minimum atomic E-state index is -3.41. The molecule has 0 bridgehead atoms. The van der Waals surface area contributed by atoms with Crippen LogP contribution < -0.4 is 14.5 Å². The number of urea groups is 1. The van der Waals surface area contributed by atoms with E-state index < -0.39 is 21.6 Å². The van der Waals surface area contributed by atoms with E-state index in [1.165, 1.54) is 10.6 Å². The lowest BCUT2D eigenvalue weighted by Crippen LogP contribution is -2.40. The third-order valence-corrected chi connectivity index (χ3v) is 6.27. The molecule has 1 aromatic rings. The van der Waals surface area contributed by atoms with Gasteiger partial charge >= 0.3 is 6.03 Å².